The van der Waals surface area contributed by atoms with Crippen molar-refractivity contribution in [3.8, 4) is 0 Å². The first-order chi connectivity index (χ1) is 33.0. The fourth-order valence-electron chi connectivity index (χ4n) is 9.58. The summed E-state index contributed by atoms with van der Waals surface area (Å²) < 4.78 is 23.7. The highest BCUT2D eigenvalue weighted by Crippen LogP contribution is 2.43. The molecule has 0 fully saturated rings. The van der Waals surface area contributed by atoms with E-state index in [2.05, 4.69) is 19.2 Å². The van der Waals surface area contributed by atoms with E-state index in [0.717, 1.165) is 38.5 Å². The second-order valence-corrected chi connectivity index (χ2v) is 23.9. The molecule has 1 amide bonds. The lowest BCUT2D eigenvalue weighted by Gasteiger charge is -2.26. The van der Waals surface area contributed by atoms with Crippen LogP contribution in [0.4, 0.5) is 0 Å². The number of quaternary nitrogens is 1. The molecule has 3 N–H and O–H groups in total. The molecule has 1 unspecified atom stereocenters. The minimum atomic E-state index is -4.31. The number of carbonyl (C=O) groups excluding carboxylic acids is 1. The summed E-state index contributed by atoms with van der Waals surface area (Å²) in [7, 11) is 1.64. The highest BCUT2D eigenvalue weighted by Gasteiger charge is 2.28. The largest absolute Gasteiger partial charge is 0.472 e. The molecule has 0 aliphatic rings. The van der Waals surface area contributed by atoms with Crippen molar-refractivity contribution < 1.29 is 32.9 Å². The van der Waals surface area contributed by atoms with E-state index < -0.39 is 20.0 Å². The Bertz CT molecular complexity index is 1070. The van der Waals surface area contributed by atoms with Crippen LogP contribution in [-0.4, -0.2) is 73.4 Å². The molecule has 408 valence electrons. The monoisotopic (exact) mass is 986 g/mol. The number of unbranched alkanes of at least 4 members (excludes halogenated alkanes) is 44. The number of amides is 1. The molecule has 0 aromatic carbocycles. The van der Waals surface area contributed by atoms with E-state index in [1.54, 1.807) is 0 Å². The number of phosphoric ester groups is 1. The lowest BCUT2D eigenvalue weighted by molar-refractivity contribution is -0.870. The molecule has 8 nitrogen and oxygen atoms in total. The summed E-state index contributed by atoms with van der Waals surface area (Å²) in [5.41, 5.74) is 0. The number of likely N-dealkylation sites (N-methyl/N-ethyl adjacent to an activating group) is 1. The lowest BCUT2D eigenvalue weighted by atomic mass is 10.0. The quantitative estimate of drug-likeness (QED) is 0.0319. The van der Waals surface area contributed by atoms with Crippen LogP contribution in [0.15, 0.2) is 0 Å². The smallest absolute Gasteiger partial charge is 0.391 e. The zero-order valence-corrected chi connectivity index (χ0v) is 47.5. The molecule has 68 heavy (non-hydrogen) atoms. The van der Waals surface area contributed by atoms with Crippen LogP contribution in [0.2, 0.25) is 0 Å². The van der Waals surface area contributed by atoms with Gasteiger partial charge in [0.1, 0.15) is 13.2 Å². The maximum Gasteiger partial charge on any atom is 0.472 e. The Kier molecular flexibility index (Phi) is 51.0. The third kappa shape index (κ3) is 53.3. The van der Waals surface area contributed by atoms with Crippen molar-refractivity contribution in [2.45, 2.75) is 334 Å². The highest BCUT2D eigenvalue weighted by molar-refractivity contribution is 7.47. The van der Waals surface area contributed by atoms with Crippen LogP contribution in [0.25, 0.3) is 0 Å². The summed E-state index contributed by atoms with van der Waals surface area (Å²) in [6, 6.07) is -0.754. The number of hydrogen-bond donors (Lipinski definition) is 3. The van der Waals surface area contributed by atoms with Gasteiger partial charge in [-0.2, -0.15) is 0 Å². The molecule has 0 aliphatic carbocycles. The fraction of sp³-hybridized carbons (Fsp3) is 0.983. The van der Waals surface area contributed by atoms with E-state index in [0.29, 0.717) is 23.9 Å². The van der Waals surface area contributed by atoms with Crippen LogP contribution in [0.1, 0.15) is 322 Å². The Labute approximate surface area is 425 Å². The van der Waals surface area contributed by atoms with Gasteiger partial charge < -0.3 is 19.8 Å². The van der Waals surface area contributed by atoms with Crippen LogP contribution in [-0.2, 0) is 18.4 Å². The second kappa shape index (κ2) is 51.4. The predicted molar refractivity (Wildman–Crippen MR) is 296 cm³/mol. The van der Waals surface area contributed by atoms with Crippen molar-refractivity contribution >= 4 is 13.7 Å². The molecule has 0 heterocycles. The van der Waals surface area contributed by atoms with E-state index in [1.807, 2.05) is 21.1 Å². The van der Waals surface area contributed by atoms with E-state index in [4.69, 9.17) is 9.05 Å². The second-order valence-electron chi connectivity index (χ2n) is 22.4. The Morgan fingerprint density at radius 3 is 0.985 bits per heavy atom. The van der Waals surface area contributed by atoms with E-state index >= 15 is 0 Å². The highest BCUT2D eigenvalue weighted by atomic mass is 31.2. The van der Waals surface area contributed by atoms with Gasteiger partial charge in [0, 0.05) is 6.42 Å². The van der Waals surface area contributed by atoms with Gasteiger partial charge >= 0.3 is 7.82 Å². The van der Waals surface area contributed by atoms with Gasteiger partial charge in [0.05, 0.1) is 39.9 Å². The van der Waals surface area contributed by atoms with Gasteiger partial charge in [0.25, 0.3) is 0 Å². The predicted octanol–water partition coefficient (Wildman–Crippen LogP) is 18.4. The number of nitrogens with one attached hydrogen (secondary N) is 1. The normalized spacial score (nSPS) is 13.8. The first-order valence-corrected chi connectivity index (χ1v) is 31.9. The molecule has 0 aliphatic heterocycles. The lowest BCUT2D eigenvalue weighted by Crippen LogP contribution is -2.46. The Hall–Kier alpha value is -0.500. The SMILES string of the molecule is CCCCCCCCCCCCCCCCCCCCCCCCCCCCCCCCCCCC(=O)N[C@@H](COP(=O)(O)OCC[N+](C)(C)C)[C@H](O)CCCCCCCCCCCCCCC. The van der Waals surface area contributed by atoms with Gasteiger partial charge in [-0.3, -0.25) is 13.8 Å². The third-order valence-electron chi connectivity index (χ3n) is 14.4. The number of phosphoric acid groups is 1. The molecular formula is C59H122N2O6P+. The van der Waals surface area contributed by atoms with Crippen molar-refractivity contribution in [1.29, 1.82) is 0 Å². The average Bonchev–Trinajstić information content (AvgIpc) is 3.30. The van der Waals surface area contributed by atoms with E-state index in [1.165, 1.54) is 257 Å². The first-order valence-electron chi connectivity index (χ1n) is 30.4. The van der Waals surface area contributed by atoms with Crippen molar-refractivity contribution in [2.75, 3.05) is 40.9 Å². The van der Waals surface area contributed by atoms with Gasteiger partial charge in [-0.15, -0.1) is 0 Å². The number of rotatable bonds is 57. The Morgan fingerprint density at radius 1 is 0.441 bits per heavy atom. The minimum absolute atomic E-state index is 0.0789. The van der Waals surface area contributed by atoms with Gasteiger partial charge in [-0.1, -0.05) is 303 Å². The molecule has 9 heteroatoms. The third-order valence-corrected chi connectivity index (χ3v) is 15.3. The summed E-state index contributed by atoms with van der Waals surface area (Å²) in [6.45, 7) is 4.93. The average molecular weight is 987 g/mol. The van der Waals surface area contributed by atoms with Gasteiger partial charge in [0.2, 0.25) is 5.91 Å². The van der Waals surface area contributed by atoms with Crippen LogP contribution < -0.4 is 5.32 Å². The van der Waals surface area contributed by atoms with Crippen molar-refractivity contribution in [1.82, 2.24) is 5.32 Å². The van der Waals surface area contributed by atoms with Crippen LogP contribution in [0, 0.1) is 0 Å². The number of hydrogen-bond acceptors (Lipinski definition) is 5. The van der Waals surface area contributed by atoms with Crippen LogP contribution >= 0.6 is 7.82 Å². The molecule has 0 radical (unpaired) electrons. The number of aliphatic hydroxyl groups excluding tert-OH is 1. The summed E-state index contributed by atoms with van der Waals surface area (Å²) in [5, 5.41) is 14.0. The topological polar surface area (TPSA) is 105 Å². The molecule has 0 rings (SSSR count). The molecule has 0 aromatic rings. The summed E-state index contributed by atoms with van der Waals surface area (Å²) in [6.07, 6.45) is 61.9. The van der Waals surface area contributed by atoms with Gasteiger partial charge in [-0.25, -0.2) is 4.57 Å². The van der Waals surface area contributed by atoms with Crippen molar-refractivity contribution in [3.63, 3.8) is 0 Å². The number of carbonyl (C=O) groups is 1. The van der Waals surface area contributed by atoms with Gasteiger partial charge in [-0.05, 0) is 12.8 Å². The molecule has 0 spiro atoms. The first kappa shape index (κ1) is 67.5. The molecule has 3 atom stereocenters. The number of aliphatic hydroxyl groups is 1. The fourth-order valence-corrected chi connectivity index (χ4v) is 10.3. The number of nitrogens with zero attached hydrogens (tertiary/aromatic N) is 1. The molecular weight excluding hydrogens is 864 g/mol. The maximum atomic E-state index is 13.0. The molecule has 0 aromatic heterocycles. The van der Waals surface area contributed by atoms with Crippen LogP contribution in [0.5, 0.6) is 0 Å². The van der Waals surface area contributed by atoms with Crippen molar-refractivity contribution in [2.24, 2.45) is 0 Å². The maximum absolute atomic E-state index is 13.0. The van der Waals surface area contributed by atoms with Crippen LogP contribution in [0.3, 0.4) is 0 Å². The Balaban J connectivity index is 3.90. The minimum Gasteiger partial charge on any atom is -0.391 e. The standard InChI is InChI=1S/C59H121N2O6P/c1-6-8-10-12-14-16-18-20-21-22-23-24-25-26-27-28-29-30-31-32-33-34-35-36-37-38-39-41-43-45-47-49-51-53-59(63)60-57(56-67-68(64,65)66-55-54-61(3,4)5)58(62)52-50-48-46-44-42-40-19-17-15-13-11-9-7-2/h57-58,62H,6-56H2,1-5H3,(H-,60,63,64,65)/p+1/t57-,58+/m0/s1. The molecule has 0 bridgehead atoms. The zero-order chi connectivity index (χ0) is 49.9. The van der Waals surface area contributed by atoms with Gasteiger partial charge in [0.15, 0.2) is 0 Å². The van der Waals surface area contributed by atoms with E-state index in [-0.39, 0.29) is 19.1 Å². The summed E-state index contributed by atoms with van der Waals surface area (Å²) >= 11 is 0. The Morgan fingerprint density at radius 2 is 0.706 bits per heavy atom. The van der Waals surface area contributed by atoms with E-state index in [9.17, 15) is 19.4 Å². The summed E-state index contributed by atoms with van der Waals surface area (Å²) in [4.78, 5) is 23.3. The molecule has 0 saturated carbocycles. The molecule has 0 saturated heterocycles. The summed E-state index contributed by atoms with van der Waals surface area (Å²) in [5.74, 6) is -0.137. The van der Waals surface area contributed by atoms with Crippen molar-refractivity contribution in [3.05, 3.63) is 0 Å². The zero-order valence-electron chi connectivity index (χ0n) is 46.6.